The third-order valence-corrected chi connectivity index (χ3v) is 4.10. The topological polar surface area (TPSA) is 83.5 Å². The molecule has 1 amide bonds. The van der Waals surface area contributed by atoms with Gasteiger partial charge in [0.1, 0.15) is 6.10 Å². The Bertz CT molecular complexity index is 651. The zero-order valence-electron chi connectivity index (χ0n) is 13.3. The minimum absolute atomic E-state index is 0.156. The molecule has 2 aromatic rings. The molecule has 1 saturated heterocycles. The van der Waals surface area contributed by atoms with E-state index in [4.69, 9.17) is 4.74 Å². The molecule has 3 N–H and O–H groups in total. The first-order valence-electron chi connectivity index (χ1n) is 7.99. The third-order valence-electron chi connectivity index (χ3n) is 4.10. The number of nitrogens with zero attached hydrogens (tertiary/aromatic N) is 1. The quantitative estimate of drug-likeness (QED) is 0.728. The highest BCUT2D eigenvalue weighted by atomic mass is 16.5. The molecular weight excluding hydrogens is 306 g/mol. The molecule has 0 aliphatic carbocycles. The molecule has 1 aromatic carbocycles. The summed E-state index contributed by atoms with van der Waals surface area (Å²) in [7, 11) is 0. The number of hydrogen-bond donors (Lipinski definition) is 3. The summed E-state index contributed by atoms with van der Waals surface area (Å²) in [6, 6.07) is 12.7. The lowest BCUT2D eigenvalue weighted by molar-refractivity contribution is 0.0398. The lowest BCUT2D eigenvalue weighted by Gasteiger charge is -2.19. The van der Waals surface area contributed by atoms with Crippen LogP contribution in [-0.2, 0) is 11.3 Å². The molecule has 1 aliphatic heterocycles. The second kappa shape index (κ2) is 8.01. The van der Waals surface area contributed by atoms with Crippen molar-refractivity contribution < 1.29 is 14.6 Å². The lowest BCUT2D eigenvalue weighted by atomic mass is 10.1. The molecule has 0 bridgehead atoms. The van der Waals surface area contributed by atoms with E-state index in [9.17, 15) is 9.90 Å². The molecule has 6 heteroatoms. The third kappa shape index (κ3) is 4.17. The van der Waals surface area contributed by atoms with Crippen molar-refractivity contribution in [2.45, 2.75) is 24.8 Å². The molecule has 6 nitrogen and oxygen atoms in total. The van der Waals surface area contributed by atoms with Crippen LogP contribution in [0.15, 0.2) is 54.9 Å². The number of pyridine rings is 1. The fourth-order valence-electron chi connectivity index (χ4n) is 2.68. The number of carbonyl (C=O) groups is 1. The van der Waals surface area contributed by atoms with Crippen molar-refractivity contribution in [2.75, 3.05) is 13.2 Å². The molecule has 126 valence electrons. The molecule has 0 saturated carbocycles. The van der Waals surface area contributed by atoms with E-state index < -0.39 is 12.2 Å². The largest absolute Gasteiger partial charge is 0.389 e. The number of ether oxygens (including phenoxy) is 1. The summed E-state index contributed by atoms with van der Waals surface area (Å²) in [6.45, 7) is 1.33. The number of carbonyl (C=O) groups excluding carboxylic acids is 1. The standard InChI is InChI=1S/C18H21N3O3/c22-17-15(20-10-13-6-8-19-9-7-13)12-24-16(17)11-21-18(23)14-4-2-1-3-5-14/h1-9,15-17,20,22H,10-12H2,(H,21,23)/t15-,16-,17+/m1/s1. The van der Waals surface area contributed by atoms with Gasteiger partial charge in [0.05, 0.1) is 18.8 Å². The molecular formula is C18H21N3O3. The van der Waals surface area contributed by atoms with Crippen LogP contribution in [0.4, 0.5) is 0 Å². The summed E-state index contributed by atoms with van der Waals surface area (Å²) >= 11 is 0. The van der Waals surface area contributed by atoms with Gasteiger partial charge in [-0.3, -0.25) is 9.78 Å². The van der Waals surface area contributed by atoms with Crippen molar-refractivity contribution in [3.05, 3.63) is 66.0 Å². The van der Waals surface area contributed by atoms with E-state index in [-0.39, 0.29) is 18.5 Å². The normalized spacial score (nSPS) is 23.1. The fourth-order valence-corrected chi connectivity index (χ4v) is 2.68. The van der Waals surface area contributed by atoms with Crippen LogP contribution in [0.3, 0.4) is 0 Å². The van der Waals surface area contributed by atoms with Crippen molar-refractivity contribution in [1.29, 1.82) is 0 Å². The second-order valence-electron chi connectivity index (χ2n) is 5.78. The Morgan fingerprint density at radius 3 is 2.71 bits per heavy atom. The Kier molecular flexibility index (Phi) is 5.53. The number of hydrogen-bond acceptors (Lipinski definition) is 5. The van der Waals surface area contributed by atoms with Crippen LogP contribution < -0.4 is 10.6 Å². The summed E-state index contributed by atoms with van der Waals surface area (Å²) in [5, 5.41) is 16.4. The van der Waals surface area contributed by atoms with Gasteiger partial charge in [-0.15, -0.1) is 0 Å². The maximum absolute atomic E-state index is 12.0. The van der Waals surface area contributed by atoms with E-state index in [0.717, 1.165) is 5.56 Å². The van der Waals surface area contributed by atoms with Gasteiger partial charge in [0.15, 0.2) is 0 Å². The van der Waals surface area contributed by atoms with Crippen molar-refractivity contribution >= 4 is 5.91 Å². The van der Waals surface area contributed by atoms with Gasteiger partial charge in [-0.25, -0.2) is 0 Å². The lowest BCUT2D eigenvalue weighted by Crippen LogP contribution is -2.44. The average molecular weight is 327 g/mol. The Morgan fingerprint density at radius 2 is 1.96 bits per heavy atom. The van der Waals surface area contributed by atoms with Crippen LogP contribution >= 0.6 is 0 Å². The SMILES string of the molecule is O=C(NC[C@H]1OC[C@@H](NCc2ccncc2)[C@@H]1O)c1ccccc1. The van der Waals surface area contributed by atoms with Gasteiger partial charge in [-0.2, -0.15) is 0 Å². The van der Waals surface area contributed by atoms with Gasteiger partial charge in [0, 0.05) is 31.0 Å². The van der Waals surface area contributed by atoms with Crippen molar-refractivity contribution in [2.24, 2.45) is 0 Å². The Morgan fingerprint density at radius 1 is 1.21 bits per heavy atom. The average Bonchev–Trinajstić information content (AvgIpc) is 2.99. The molecule has 1 aromatic heterocycles. The van der Waals surface area contributed by atoms with Gasteiger partial charge in [-0.05, 0) is 29.8 Å². The summed E-state index contributed by atoms with van der Waals surface area (Å²) in [4.78, 5) is 16.0. The molecule has 0 spiro atoms. The van der Waals surface area contributed by atoms with E-state index in [0.29, 0.717) is 18.7 Å². The Hall–Kier alpha value is -2.28. The maximum Gasteiger partial charge on any atom is 0.251 e. The van der Waals surface area contributed by atoms with Gasteiger partial charge < -0.3 is 20.5 Å². The molecule has 0 unspecified atom stereocenters. The number of amides is 1. The number of rotatable bonds is 6. The molecule has 2 heterocycles. The summed E-state index contributed by atoms with van der Waals surface area (Å²) < 4.78 is 5.61. The van der Waals surface area contributed by atoms with Gasteiger partial charge >= 0.3 is 0 Å². The molecule has 0 radical (unpaired) electrons. The van der Waals surface area contributed by atoms with Gasteiger partial charge in [0.25, 0.3) is 5.91 Å². The second-order valence-corrected chi connectivity index (χ2v) is 5.78. The first kappa shape index (κ1) is 16.6. The van der Waals surface area contributed by atoms with E-state index in [1.165, 1.54) is 0 Å². The van der Waals surface area contributed by atoms with Crippen molar-refractivity contribution in [3.63, 3.8) is 0 Å². The van der Waals surface area contributed by atoms with Crippen LogP contribution in [0.1, 0.15) is 15.9 Å². The molecule has 1 aliphatic rings. The monoisotopic (exact) mass is 327 g/mol. The predicted octanol–water partition coefficient (Wildman–Crippen LogP) is 0.730. The van der Waals surface area contributed by atoms with Crippen LogP contribution in [0.25, 0.3) is 0 Å². The summed E-state index contributed by atoms with van der Waals surface area (Å²) in [5.41, 5.74) is 1.69. The smallest absolute Gasteiger partial charge is 0.251 e. The Balaban J connectivity index is 1.46. The predicted molar refractivity (Wildman–Crippen MR) is 89.4 cm³/mol. The highest BCUT2D eigenvalue weighted by Crippen LogP contribution is 2.14. The number of aliphatic hydroxyl groups is 1. The first-order chi connectivity index (χ1) is 11.7. The first-order valence-corrected chi connectivity index (χ1v) is 7.99. The summed E-state index contributed by atoms with van der Waals surface area (Å²) in [6.07, 6.45) is 2.40. The number of aromatic nitrogens is 1. The molecule has 3 atom stereocenters. The van der Waals surface area contributed by atoms with E-state index in [1.807, 2.05) is 30.3 Å². The van der Waals surface area contributed by atoms with Gasteiger partial charge in [-0.1, -0.05) is 18.2 Å². The molecule has 3 rings (SSSR count). The Labute approximate surface area is 140 Å². The summed E-state index contributed by atoms with van der Waals surface area (Å²) in [5.74, 6) is -0.167. The highest BCUT2D eigenvalue weighted by Gasteiger charge is 2.35. The number of benzene rings is 1. The van der Waals surface area contributed by atoms with E-state index >= 15 is 0 Å². The number of aliphatic hydroxyl groups excluding tert-OH is 1. The fraction of sp³-hybridized carbons (Fsp3) is 0.333. The minimum Gasteiger partial charge on any atom is -0.389 e. The van der Waals surface area contributed by atoms with Crippen LogP contribution in [-0.4, -0.2) is 47.4 Å². The number of nitrogens with one attached hydrogen (secondary N) is 2. The van der Waals surface area contributed by atoms with Crippen LogP contribution in [0.5, 0.6) is 0 Å². The van der Waals surface area contributed by atoms with Crippen molar-refractivity contribution in [1.82, 2.24) is 15.6 Å². The van der Waals surface area contributed by atoms with E-state index in [1.54, 1.807) is 24.5 Å². The van der Waals surface area contributed by atoms with Crippen molar-refractivity contribution in [3.8, 4) is 0 Å². The van der Waals surface area contributed by atoms with Crippen LogP contribution in [0.2, 0.25) is 0 Å². The minimum atomic E-state index is -0.664. The van der Waals surface area contributed by atoms with Crippen LogP contribution in [0, 0.1) is 0 Å². The zero-order valence-corrected chi connectivity index (χ0v) is 13.3. The molecule has 24 heavy (non-hydrogen) atoms. The maximum atomic E-state index is 12.0. The van der Waals surface area contributed by atoms with E-state index in [2.05, 4.69) is 15.6 Å². The van der Waals surface area contributed by atoms with Gasteiger partial charge in [0.2, 0.25) is 0 Å². The highest BCUT2D eigenvalue weighted by molar-refractivity contribution is 5.94. The molecule has 1 fully saturated rings. The zero-order chi connectivity index (χ0) is 16.8.